The van der Waals surface area contributed by atoms with Gasteiger partial charge in [-0.3, -0.25) is 14.5 Å². The lowest BCUT2D eigenvalue weighted by atomic mass is 9.85. The van der Waals surface area contributed by atoms with Gasteiger partial charge >= 0.3 is 5.97 Å². The van der Waals surface area contributed by atoms with E-state index in [9.17, 15) is 14.7 Å². The maximum Gasteiger partial charge on any atom is 0.320 e. The molecular weight excluding hydrogens is 292 g/mol. The molecule has 1 aliphatic heterocycles. The third-order valence-corrected chi connectivity index (χ3v) is 6.34. The highest BCUT2D eigenvalue weighted by Gasteiger charge is 2.46. The Bertz CT molecular complexity index is 448. The van der Waals surface area contributed by atoms with E-state index in [0.717, 1.165) is 38.5 Å². The fraction of sp³-hybridized carbons (Fsp3) is 0.889. The molecule has 1 N–H and O–H groups in total. The number of hydrogen-bond donors (Lipinski definition) is 1. The number of carboxylic acids is 1. The lowest BCUT2D eigenvalue weighted by Gasteiger charge is -2.36. The van der Waals surface area contributed by atoms with Crippen LogP contribution >= 0.6 is 0 Å². The Balaban J connectivity index is 1.65. The smallest absolute Gasteiger partial charge is 0.320 e. The van der Waals surface area contributed by atoms with Crippen LogP contribution in [0.3, 0.4) is 0 Å². The molecule has 0 aromatic heterocycles. The quantitative estimate of drug-likeness (QED) is 0.864. The van der Waals surface area contributed by atoms with Gasteiger partial charge < -0.3 is 10.0 Å². The van der Waals surface area contributed by atoms with Crippen molar-refractivity contribution in [3.8, 4) is 0 Å². The first kappa shape index (κ1) is 16.7. The number of carbonyl (C=O) groups is 2. The van der Waals surface area contributed by atoms with E-state index in [1.807, 2.05) is 16.8 Å². The number of fused-ring (bicyclic) bond motifs is 1. The number of carbonyl (C=O) groups excluding carboxylic acids is 1. The van der Waals surface area contributed by atoms with Gasteiger partial charge in [0.2, 0.25) is 5.91 Å². The minimum absolute atomic E-state index is 0.106. The Kier molecular flexibility index (Phi) is 5.24. The SMILES string of the molecule is CN(C(=O)CN1[C@H](C(=O)O)C[C@@H]2CCCC[C@@H]21)C1CCCCC1. The van der Waals surface area contributed by atoms with E-state index in [1.54, 1.807) is 0 Å². The first-order valence-electron chi connectivity index (χ1n) is 9.32. The van der Waals surface area contributed by atoms with Crippen LogP contribution in [0.2, 0.25) is 0 Å². The average molecular weight is 322 g/mol. The molecule has 0 radical (unpaired) electrons. The summed E-state index contributed by atoms with van der Waals surface area (Å²) in [6.07, 6.45) is 11.1. The van der Waals surface area contributed by atoms with Crippen molar-refractivity contribution in [2.45, 2.75) is 82.3 Å². The lowest BCUT2D eigenvalue weighted by Crippen LogP contribution is -2.50. The number of rotatable bonds is 4. The topological polar surface area (TPSA) is 60.9 Å². The summed E-state index contributed by atoms with van der Waals surface area (Å²) in [5.41, 5.74) is 0. The number of carboxylic acid groups (broad SMARTS) is 1. The molecule has 3 aliphatic rings. The molecule has 0 unspecified atom stereocenters. The summed E-state index contributed by atoms with van der Waals surface area (Å²) in [4.78, 5) is 28.3. The van der Waals surface area contributed by atoms with Crippen molar-refractivity contribution < 1.29 is 14.7 Å². The molecule has 5 heteroatoms. The molecule has 1 saturated heterocycles. The van der Waals surface area contributed by atoms with E-state index in [-0.39, 0.29) is 12.5 Å². The van der Waals surface area contributed by atoms with E-state index in [0.29, 0.717) is 18.0 Å². The summed E-state index contributed by atoms with van der Waals surface area (Å²) >= 11 is 0. The molecule has 3 rings (SSSR count). The van der Waals surface area contributed by atoms with Crippen molar-refractivity contribution in [3.63, 3.8) is 0 Å². The second kappa shape index (κ2) is 7.20. The average Bonchev–Trinajstić information content (AvgIpc) is 2.94. The number of likely N-dealkylation sites (N-methyl/N-ethyl adjacent to an activating group) is 1. The van der Waals surface area contributed by atoms with Gasteiger partial charge in [0.15, 0.2) is 0 Å². The van der Waals surface area contributed by atoms with Crippen LogP contribution in [0.25, 0.3) is 0 Å². The molecule has 3 fully saturated rings. The Morgan fingerprint density at radius 3 is 2.39 bits per heavy atom. The van der Waals surface area contributed by atoms with Crippen LogP contribution in [0.1, 0.15) is 64.2 Å². The normalized spacial score (nSPS) is 32.5. The van der Waals surface area contributed by atoms with Gasteiger partial charge in [0, 0.05) is 19.1 Å². The highest BCUT2D eigenvalue weighted by molar-refractivity contribution is 5.80. The Morgan fingerprint density at radius 2 is 1.70 bits per heavy atom. The van der Waals surface area contributed by atoms with Gasteiger partial charge in [-0.2, -0.15) is 0 Å². The third-order valence-electron chi connectivity index (χ3n) is 6.34. The zero-order chi connectivity index (χ0) is 16.4. The van der Waals surface area contributed by atoms with E-state index in [4.69, 9.17) is 0 Å². The van der Waals surface area contributed by atoms with Crippen LogP contribution in [-0.2, 0) is 9.59 Å². The van der Waals surface area contributed by atoms with Crippen LogP contribution in [0.15, 0.2) is 0 Å². The molecule has 2 saturated carbocycles. The number of likely N-dealkylation sites (tertiary alicyclic amines) is 1. The van der Waals surface area contributed by atoms with E-state index >= 15 is 0 Å². The Labute approximate surface area is 139 Å². The molecule has 2 aliphatic carbocycles. The van der Waals surface area contributed by atoms with Crippen LogP contribution < -0.4 is 0 Å². The second-order valence-electron chi connectivity index (χ2n) is 7.67. The third kappa shape index (κ3) is 3.54. The molecule has 1 heterocycles. The molecule has 130 valence electrons. The van der Waals surface area contributed by atoms with E-state index in [2.05, 4.69) is 0 Å². The van der Waals surface area contributed by atoms with Crippen molar-refractivity contribution in [1.82, 2.24) is 9.80 Å². The fourth-order valence-electron chi connectivity index (χ4n) is 4.96. The second-order valence-corrected chi connectivity index (χ2v) is 7.67. The van der Waals surface area contributed by atoms with Crippen LogP contribution in [0.4, 0.5) is 0 Å². The maximum atomic E-state index is 12.7. The largest absolute Gasteiger partial charge is 0.480 e. The predicted molar refractivity (Wildman–Crippen MR) is 88.1 cm³/mol. The van der Waals surface area contributed by atoms with Crippen molar-refractivity contribution >= 4 is 11.9 Å². The highest BCUT2D eigenvalue weighted by Crippen LogP contribution is 2.39. The maximum absolute atomic E-state index is 12.7. The summed E-state index contributed by atoms with van der Waals surface area (Å²) in [5.74, 6) is -0.181. The molecule has 5 nitrogen and oxygen atoms in total. The van der Waals surface area contributed by atoms with Crippen molar-refractivity contribution in [3.05, 3.63) is 0 Å². The molecule has 23 heavy (non-hydrogen) atoms. The summed E-state index contributed by atoms with van der Waals surface area (Å²) in [5, 5.41) is 9.56. The van der Waals surface area contributed by atoms with E-state index in [1.165, 1.54) is 25.7 Å². The number of nitrogens with zero attached hydrogens (tertiary/aromatic N) is 2. The number of amides is 1. The molecule has 1 amide bonds. The minimum atomic E-state index is -0.757. The summed E-state index contributed by atoms with van der Waals surface area (Å²) in [6, 6.07) is 0.185. The predicted octanol–water partition coefficient (Wildman–Crippen LogP) is 2.50. The molecule has 0 aromatic carbocycles. The van der Waals surface area contributed by atoms with Gasteiger partial charge in [0.05, 0.1) is 6.54 Å². The molecular formula is C18H30N2O3. The summed E-state index contributed by atoms with van der Waals surface area (Å²) < 4.78 is 0. The Morgan fingerprint density at radius 1 is 1.04 bits per heavy atom. The fourth-order valence-corrected chi connectivity index (χ4v) is 4.96. The monoisotopic (exact) mass is 322 g/mol. The minimum Gasteiger partial charge on any atom is -0.480 e. The first-order chi connectivity index (χ1) is 11.1. The van der Waals surface area contributed by atoms with Crippen molar-refractivity contribution in [2.75, 3.05) is 13.6 Å². The highest BCUT2D eigenvalue weighted by atomic mass is 16.4. The van der Waals surface area contributed by atoms with Gasteiger partial charge in [0.25, 0.3) is 0 Å². The van der Waals surface area contributed by atoms with Gasteiger partial charge in [-0.15, -0.1) is 0 Å². The summed E-state index contributed by atoms with van der Waals surface area (Å²) in [7, 11) is 1.91. The molecule has 3 atom stereocenters. The van der Waals surface area contributed by atoms with Crippen molar-refractivity contribution in [2.24, 2.45) is 5.92 Å². The standard InChI is InChI=1S/C18H30N2O3/c1-19(14-8-3-2-4-9-14)17(21)12-20-15-10-6-5-7-13(15)11-16(20)18(22)23/h13-16H,2-12H2,1H3,(H,22,23)/t13-,15-,16-/m0/s1. The van der Waals surface area contributed by atoms with Crippen LogP contribution in [0.5, 0.6) is 0 Å². The van der Waals surface area contributed by atoms with Crippen LogP contribution in [-0.4, -0.2) is 58.5 Å². The lowest BCUT2D eigenvalue weighted by molar-refractivity contribution is -0.144. The van der Waals surface area contributed by atoms with Crippen LogP contribution in [0, 0.1) is 5.92 Å². The van der Waals surface area contributed by atoms with Gasteiger partial charge in [-0.25, -0.2) is 0 Å². The Hall–Kier alpha value is -1.10. The van der Waals surface area contributed by atoms with Gasteiger partial charge in [-0.1, -0.05) is 32.1 Å². The van der Waals surface area contributed by atoms with E-state index < -0.39 is 12.0 Å². The summed E-state index contributed by atoms with van der Waals surface area (Å²) in [6.45, 7) is 0.283. The zero-order valence-corrected chi connectivity index (χ0v) is 14.2. The van der Waals surface area contributed by atoms with Gasteiger partial charge in [0.1, 0.15) is 6.04 Å². The van der Waals surface area contributed by atoms with Crippen molar-refractivity contribution in [1.29, 1.82) is 0 Å². The zero-order valence-electron chi connectivity index (χ0n) is 14.2. The molecule has 0 spiro atoms. The molecule has 0 bridgehead atoms. The van der Waals surface area contributed by atoms with Gasteiger partial charge in [-0.05, 0) is 38.0 Å². The number of aliphatic carboxylic acids is 1. The molecule has 0 aromatic rings. The number of hydrogen-bond acceptors (Lipinski definition) is 3. The first-order valence-corrected chi connectivity index (χ1v) is 9.32.